The van der Waals surface area contributed by atoms with Crippen LogP contribution in [0, 0.1) is 0 Å². The highest BCUT2D eigenvalue weighted by atomic mass is 35.5. The summed E-state index contributed by atoms with van der Waals surface area (Å²) < 4.78 is 12.9. The standard InChI is InChI=1S/C24H27ClN4O3/c1-3-17-13-26-24(27-14-17)28-9-7-19(8-10-28)32-22-12-23(30)29(16-21(22)25)15-18-5-4-6-20(11-18)31-2/h4-6,11-14,16,19H,3,7-10,15H2,1-2H3. The average molecular weight is 455 g/mol. The number of nitrogens with zero attached hydrogens (tertiary/aromatic N) is 4. The van der Waals surface area contributed by atoms with E-state index in [9.17, 15) is 4.79 Å². The number of aromatic nitrogens is 3. The highest BCUT2D eigenvalue weighted by Crippen LogP contribution is 2.27. The Kier molecular flexibility index (Phi) is 6.95. The Labute approximate surface area is 192 Å². The van der Waals surface area contributed by atoms with Crippen LogP contribution >= 0.6 is 11.6 Å². The van der Waals surface area contributed by atoms with Gasteiger partial charge in [0.2, 0.25) is 5.95 Å². The molecule has 0 bridgehead atoms. The summed E-state index contributed by atoms with van der Waals surface area (Å²) in [6, 6.07) is 9.09. The number of pyridine rings is 1. The van der Waals surface area contributed by atoms with Crippen molar-refractivity contribution in [3.05, 3.63) is 75.4 Å². The lowest BCUT2D eigenvalue weighted by Gasteiger charge is -2.32. The smallest absolute Gasteiger partial charge is 0.254 e. The van der Waals surface area contributed by atoms with Gasteiger partial charge < -0.3 is 18.9 Å². The second-order valence-corrected chi connectivity index (χ2v) is 8.26. The lowest BCUT2D eigenvalue weighted by atomic mass is 10.1. The molecule has 7 nitrogen and oxygen atoms in total. The summed E-state index contributed by atoms with van der Waals surface area (Å²) >= 11 is 6.46. The number of anilines is 1. The third-order valence-corrected chi connectivity index (χ3v) is 5.93. The highest BCUT2D eigenvalue weighted by Gasteiger charge is 2.23. The molecule has 168 valence electrons. The second kappa shape index (κ2) is 10.0. The number of ether oxygens (including phenoxy) is 2. The summed E-state index contributed by atoms with van der Waals surface area (Å²) in [5.41, 5.74) is 1.93. The van der Waals surface area contributed by atoms with E-state index < -0.39 is 0 Å². The maximum absolute atomic E-state index is 12.7. The molecule has 1 saturated heterocycles. The van der Waals surface area contributed by atoms with E-state index in [0.717, 1.165) is 55.2 Å². The van der Waals surface area contributed by atoms with E-state index in [1.54, 1.807) is 17.9 Å². The molecule has 4 rings (SSSR count). The van der Waals surface area contributed by atoms with Gasteiger partial charge in [0.15, 0.2) is 0 Å². The first-order valence-electron chi connectivity index (χ1n) is 10.8. The van der Waals surface area contributed by atoms with Gasteiger partial charge in [-0.05, 0) is 29.7 Å². The molecule has 0 N–H and O–H groups in total. The van der Waals surface area contributed by atoms with Gasteiger partial charge in [-0.3, -0.25) is 4.79 Å². The fourth-order valence-electron chi connectivity index (χ4n) is 3.76. The van der Waals surface area contributed by atoms with Crippen molar-refractivity contribution in [2.75, 3.05) is 25.1 Å². The van der Waals surface area contributed by atoms with Gasteiger partial charge in [0.1, 0.15) is 17.6 Å². The molecule has 0 saturated carbocycles. The molecule has 3 aromatic rings. The summed E-state index contributed by atoms with van der Waals surface area (Å²) in [4.78, 5) is 23.7. The van der Waals surface area contributed by atoms with E-state index in [2.05, 4.69) is 21.8 Å². The molecule has 0 unspecified atom stereocenters. The molecule has 1 aliphatic rings. The monoisotopic (exact) mass is 454 g/mol. The van der Waals surface area contributed by atoms with E-state index in [-0.39, 0.29) is 11.7 Å². The van der Waals surface area contributed by atoms with Crippen molar-refractivity contribution < 1.29 is 9.47 Å². The minimum absolute atomic E-state index is 0.00713. The van der Waals surface area contributed by atoms with Crippen molar-refractivity contribution in [1.82, 2.24) is 14.5 Å². The number of hydrogen-bond acceptors (Lipinski definition) is 6. The molecule has 0 spiro atoms. The largest absolute Gasteiger partial charge is 0.497 e. The van der Waals surface area contributed by atoms with Crippen molar-refractivity contribution in [2.24, 2.45) is 0 Å². The molecular formula is C24H27ClN4O3. The topological polar surface area (TPSA) is 69.5 Å². The minimum atomic E-state index is -0.158. The van der Waals surface area contributed by atoms with Crippen LogP contribution in [-0.2, 0) is 13.0 Å². The van der Waals surface area contributed by atoms with Crippen LogP contribution in [0.1, 0.15) is 30.9 Å². The third kappa shape index (κ3) is 5.22. The molecule has 1 fully saturated rings. The first kappa shape index (κ1) is 22.1. The van der Waals surface area contributed by atoms with Gasteiger partial charge in [0.25, 0.3) is 5.56 Å². The van der Waals surface area contributed by atoms with Crippen molar-refractivity contribution in [3.8, 4) is 11.5 Å². The van der Waals surface area contributed by atoms with Gasteiger partial charge >= 0.3 is 0 Å². The second-order valence-electron chi connectivity index (χ2n) is 7.85. The van der Waals surface area contributed by atoms with E-state index >= 15 is 0 Å². The van der Waals surface area contributed by atoms with E-state index in [0.29, 0.717) is 17.3 Å². The van der Waals surface area contributed by atoms with Crippen LogP contribution in [0.25, 0.3) is 0 Å². The van der Waals surface area contributed by atoms with Crippen LogP contribution in [0.2, 0.25) is 5.02 Å². The highest BCUT2D eigenvalue weighted by molar-refractivity contribution is 6.31. The van der Waals surface area contributed by atoms with Gasteiger partial charge in [-0.1, -0.05) is 30.7 Å². The maximum Gasteiger partial charge on any atom is 0.254 e. The first-order valence-corrected chi connectivity index (χ1v) is 11.2. The molecule has 8 heteroatoms. The predicted molar refractivity (Wildman–Crippen MR) is 125 cm³/mol. The molecule has 0 aliphatic carbocycles. The Morgan fingerprint density at radius 2 is 1.88 bits per heavy atom. The van der Waals surface area contributed by atoms with E-state index in [4.69, 9.17) is 21.1 Å². The number of aryl methyl sites for hydroxylation is 1. The molecule has 32 heavy (non-hydrogen) atoms. The Hall–Kier alpha value is -3.06. The number of piperidine rings is 1. The zero-order valence-electron chi connectivity index (χ0n) is 18.3. The lowest BCUT2D eigenvalue weighted by Crippen LogP contribution is -2.39. The molecule has 0 radical (unpaired) electrons. The fourth-order valence-corrected chi connectivity index (χ4v) is 3.97. The molecule has 0 atom stereocenters. The zero-order chi connectivity index (χ0) is 22.5. The normalized spacial score (nSPS) is 14.4. The number of rotatable bonds is 7. The van der Waals surface area contributed by atoms with Crippen LogP contribution < -0.4 is 19.9 Å². The van der Waals surface area contributed by atoms with E-state index in [1.165, 1.54) is 6.07 Å². The summed E-state index contributed by atoms with van der Waals surface area (Å²) in [5.74, 6) is 1.93. The molecular weight excluding hydrogens is 428 g/mol. The van der Waals surface area contributed by atoms with Gasteiger partial charge in [-0.15, -0.1) is 0 Å². The van der Waals surface area contributed by atoms with Crippen LogP contribution in [0.3, 0.4) is 0 Å². The van der Waals surface area contributed by atoms with Gasteiger partial charge in [0, 0.05) is 50.6 Å². The summed E-state index contributed by atoms with van der Waals surface area (Å²) in [5, 5.41) is 0.424. The molecule has 1 aromatic carbocycles. The Balaban J connectivity index is 1.38. The fraction of sp³-hybridized carbons (Fsp3) is 0.375. The van der Waals surface area contributed by atoms with Crippen molar-refractivity contribution in [3.63, 3.8) is 0 Å². The Morgan fingerprint density at radius 1 is 1.12 bits per heavy atom. The Bertz CT molecular complexity index is 1110. The van der Waals surface area contributed by atoms with Crippen LogP contribution in [0.15, 0.2) is 53.7 Å². The summed E-state index contributed by atoms with van der Waals surface area (Å²) in [7, 11) is 1.62. The van der Waals surface area contributed by atoms with Crippen molar-refractivity contribution in [2.45, 2.75) is 38.8 Å². The van der Waals surface area contributed by atoms with Crippen LogP contribution in [0.4, 0.5) is 5.95 Å². The minimum Gasteiger partial charge on any atom is -0.497 e. The number of methoxy groups -OCH3 is 1. The zero-order valence-corrected chi connectivity index (χ0v) is 19.1. The van der Waals surface area contributed by atoms with Gasteiger partial charge in [-0.2, -0.15) is 0 Å². The molecule has 2 aromatic heterocycles. The van der Waals surface area contributed by atoms with Crippen molar-refractivity contribution >= 4 is 17.5 Å². The first-order chi connectivity index (χ1) is 15.6. The average Bonchev–Trinajstić information content (AvgIpc) is 2.83. The summed E-state index contributed by atoms with van der Waals surface area (Å²) in [6.07, 6.45) is 7.93. The van der Waals surface area contributed by atoms with Crippen LogP contribution in [0.5, 0.6) is 11.5 Å². The number of halogens is 1. The van der Waals surface area contributed by atoms with E-state index in [1.807, 2.05) is 36.7 Å². The number of benzene rings is 1. The molecule has 1 aliphatic heterocycles. The maximum atomic E-state index is 12.7. The third-order valence-electron chi connectivity index (χ3n) is 5.65. The predicted octanol–water partition coefficient (Wildman–Crippen LogP) is 3.96. The van der Waals surface area contributed by atoms with Crippen molar-refractivity contribution in [1.29, 1.82) is 0 Å². The number of hydrogen-bond donors (Lipinski definition) is 0. The Morgan fingerprint density at radius 3 is 2.56 bits per heavy atom. The summed E-state index contributed by atoms with van der Waals surface area (Å²) in [6.45, 7) is 4.08. The quantitative estimate of drug-likeness (QED) is 0.538. The molecule has 3 heterocycles. The lowest BCUT2D eigenvalue weighted by molar-refractivity contribution is 0.170. The van der Waals surface area contributed by atoms with Crippen LogP contribution in [-0.4, -0.2) is 40.8 Å². The van der Waals surface area contributed by atoms with Gasteiger partial charge in [0.05, 0.1) is 18.7 Å². The molecule has 0 amide bonds. The van der Waals surface area contributed by atoms with Gasteiger partial charge in [-0.25, -0.2) is 9.97 Å². The SMILES string of the molecule is CCc1cnc(N2CCC(Oc3cc(=O)n(Cc4cccc(OC)c4)cc3Cl)CC2)nc1.